The van der Waals surface area contributed by atoms with E-state index in [9.17, 15) is 10.1 Å². The van der Waals surface area contributed by atoms with Gasteiger partial charge in [0.15, 0.2) is 5.75 Å². The molecule has 0 aliphatic carbocycles. The molecule has 2 aromatic rings. The lowest BCUT2D eigenvalue weighted by Crippen LogP contribution is -1.97. The number of nitrogens with one attached hydrogen (secondary N) is 1. The number of hydrogen-bond acceptors (Lipinski definition) is 4. The van der Waals surface area contributed by atoms with Crippen LogP contribution in [0.3, 0.4) is 0 Å². The summed E-state index contributed by atoms with van der Waals surface area (Å²) in [4.78, 5) is 17.4. The number of hydrogen-bond donors (Lipinski definition) is 1. The van der Waals surface area contributed by atoms with Gasteiger partial charge in [0.1, 0.15) is 5.82 Å². The van der Waals surface area contributed by atoms with Crippen LogP contribution in [0.15, 0.2) is 30.6 Å². The Morgan fingerprint density at radius 2 is 2.35 bits per heavy atom. The SMILES string of the molecule is CCOc1ccc(-c2ncc[nH]2)cc1[N+](=O)[O-]. The zero-order chi connectivity index (χ0) is 12.3. The molecule has 0 unspecified atom stereocenters. The lowest BCUT2D eigenvalue weighted by Gasteiger charge is -2.05. The lowest BCUT2D eigenvalue weighted by molar-refractivity contribution is -0.385. The maximum Gasteiger partial charge on any atom is 0.311 e. The first-order chi connectivity index (χ1) is 8.22. The first kappa shape index (κ1) is 11.1. The van der Waals surface area contributed by atoms with E-state index in [0.717, 1.165) is 0 Å². The van der Waals surface area contributed by atoms with Crippen LogP contribution in [0.1, 0.15) is 6.92 Å². The fraction of sp³-hybridized carbons (Fsp3) is 0.182. The molecule has 0 amide bonds. The van der Waals surface area contributed by atoms with Crippen LogP contribution in [0.25, 0.3) is 11.4 Å². The highest BCUT2D eigenvalue weighted by atomic mass is 16.6. The fourth-order valence-electron chi connectivity index (χ4n) is 1.51. The smallest absolute Gasteiger partial charge is 0.311 e. The summed E-state index contributed by atoms with van der Waals surface area (Å²) in [6, 6.07) is 4.76. The zero-order valence-corrected chi connectivity index (χ0v) is 9.21. The third-order valence-electron chi connectivity index (χ3n) is 2.23. The molecule has 0 saturated heterocycles. The van der Waals surface area contributed by atoms with Crippen molar-refractivity contribution in [2.75, 3.05) is 6.61 Å². The van der Waals surface area contributed by atoms with Crippen molar-refractivity contribution in [3.8, 4) is 17.1 Å². The summed E-state index contributed by atoms with van der Waals surface area (Å²) in [7, 11) is 0. The van der Waals surface area contributed by atoms with E-state index in [-0.39, 0.29) is 11.4 Å². The Morgan fingerprint density at radius 3 is 2.94 bits per heavy atom. The molecule has 6 nitrogen and oxygen atoms in total. The second-order valence-corrected chi connectivity index (χ2v) is 3.31. The van der Waals surface area contributed by atoms with E-state index in [2.05, 4.69) is 9.97 Å². The van der Waals surface area contributed by atoms with Gasteiger partial charge in [-0.25, -0.2) is 4.98 Å². The molecule has 1 heterocycles. The van der Waals surface area contributed by atoms with Crippen molar-refractivity contribution in [1.82, 2.24) is 9.97 Å². The Morgan fingerprint density at radius 1 is 1.53 bits per heavy atom. The van der Waals surface area contributed by atoms with Gasteiger partial charge in [0.2, 0.25) is 0 Å². The molecular weight excluding hydrogens is 222 g/mol. The van der Waals surface area contributed by atoms with Crippen molar-refractivity contribution in [2.24, 2.45) is 0 Å². The molecule has 88 valence electrons. The lowest BCUT2D eigenvalue weighted by atomic mass is 10.2. The van der Waals surface area contributed by atoms with Gasteiger partial charge in [0.05, 0.1) is 11.5 Å². The summed E-state index contributed by atoms with van der Waals surface area (Å²) in [5.41, 5.74) is 0.603. The van der Waals surface area contributed by atoms with Crippen LogP contribution in [-0.2, 0) is 0 Å². The van der Waals surface area contributed by atoms with Crippen molar-refractivity contribution >= 4 is 5.69 Å². The standard InChI is InChI=1S/C11H11N3O3/c1-2-17-10-4-3-8(7-9(10)14(15)16)11-12-5-6-13-11/h3-7H,2H2,1H3,(H,12,13). The number of H-pyrrole nitrogens is 1. The molecule has 0 saturated carbocycles. The highest BCUT2D eigenvalue weighted by Crippen LogP contribution is 2.31. The summed E-state index contributed by atoms with van der Waals surface area (Å²) < 4.78 is 5.20. The van der Waals surface area contributed by atoms with Crippen LogP contribution in [0.5, 0.6) is 5.75 Å². The van der Waals surface area contributed by atoms with Crippen LogP contribution < -0.4 is 4.74 Å². The highest BCUT2D eigenvalue weighted by Gasteiger charge is 2.16. The quantitative estimate of drug-likeness (QED) is 0.649. The van der Waals surface area contributed by atoms with E-state index in [1.165, 1.54) is 6.07 Å². The number of aromatic nitrogens is 2. The number of nitro benzene ring substituents is 1. The molecule has 1 N–H and O–H groups in total. The van der Waals surface area contributed by atoms with Crippen molar-refractivity contribution < 1.29 is 9.66 Å². The molecule has 0 fully saturated rings. The third kappa shape index (κ3) is 2.25. The number of nitrogens with zero attached hydrogens (tertiary/aromatic N) is 2. The first-order valence-corrected chi connectivity index (χ1v) is 5.13. The second kappa shape index (κ2) is 4.65. The van der Waals surface area contributed by atoms with Gasteiger partial charge in [0.25, 0.3) is 0 Å². The Balaban J connectivity index is 2.45. The highest BCUT2D eigenvalue weighted by molar-refractivity contribution is 5.63. The normalized spacial score (nSPS) is 10.2. The van der Waals surface area contributed by atoms with Crippen molar-refractivity contribution in [1.29, 1.82) is 0 Å². The molecule has 1 aromatic carbocycles. The van der Waals surface area contributed by atoms with Crippen LogP contribution in [0.4, 0.5) is 5.69 Å². The van der Waals surface area contributed by atoms with Gasteiger partial charge >= 0.3 is 5.69 Å². The van der Waals surface area contributed by atoms with Crippen LogP contribution in [0.2, 0.25) is 0 Å². The topological polar surface area (TPSA) is 81.0 Å². The van der Waals surface area contributed by atoms with Crippen molar-refractivity contribution in [3.05, 3.63) is 40.7 Å². The van der Waals surface area contributed by atoms with E-state index in [4.69, 9.17) is 4.74 Å². The molecule has 0 bridgehead atoms. The van der Waals surface area contributed by atoms with Crippen LogP contribution in [0, 0.1) is 10.1 Å². The summed E-state index contributed by atoms with van der Waals surface area (Å²) in [6.45, 7) is 2.17. The summed E-state index contributed by atoms with van der Waals surface area (Å²) >= 11 is 0. The minimum absolute atomic E-state index is 0.0549. The molecule has 0 spiro atoms. The largest absolute Gasteiger partial charge is 0.487 e. The molecule has 6 heteroatoms. The molecule has 0 radical (unpaired) electrons. The average molecular weight is 233 g/mol. The van der Waals surface area contributed by atoms with E-state index >= 15 is 0 Å². The molecule has 0 aliphatic rings. The number of benzene rings is 1. The maximum absolute atomic E-state index is 10.9. The predicted molar refractivity (Wildman–Crippen MR) is 61.8 cm³/mol. The number of rotatable bonds is 4. The van der Waals surface area contributed by atoms with Gasteiger partial charge in [-0.05, 0) is 19.1 Å². The average Bonchev–Trinajstić information content (AvgIpc) is 2.83. The predicted octanol–water partition coefficient (Wildman–Crippen LogP) is 2.38. The van der Waals surface area contributed by atoms with E-state index in [1.807, 2.05) is 0 Å². The number of ether oxygens (including phenoxy) is 1. The van der Waals surface area contributed by atoms with Gasteiger partial charge in [0, 0.05) is 24.0 Å². The van der Waals surface area contributed by atoms with Crippen LogP contribution in [-0.4, -0.2) is 21.5 Å². The number of imidazole rings is 1. The van der Waals surface area contributed by atoms with E-state index in [0.29, 0.717) is 18.0 Å². The maximum atomic E-state index is 10.9. The van der Waals surface area contributed by atoms with Gasteiger partial charge in [-0.2, -0.15) is 0 Å². The van der Waals surface area contributed by atoms with Gasteiger partial charge in [-0.3, -0.25) is 10.1 Å². The first-order valence-electron chi connectivity index (χ1n) is 5.13. The molecule has 1 aromatic heterocycles. The Kier molecular flexibility index (Phi) is 3.04. The minimum Gasteiger partial charge on any atom is -0.487 e. The fourth-order valence-corrected chi connectivity index (χ4v) is 1.51. The molecule has 2 rings (SSSR count). The molecular formula is C11H11N3O3. The van der Waals surface area contributed by atoms with Gasteiger partial charge in [-0.1, -0.05) is 0 Å². The second-order valence-electron chi connectivity index (χ2n) is 3.31. The van der Waals surface area contributed by atoms with Crippen LogP contribution >= 0.6 is 0 Å². The Hall–Kier alpha value is -2.37. The van der Waals surface area contributed by atoms with Gasteiger partial charge < -0.3 is 9.72 Å². The van der Waals surface area contributed by atoms with E-state index in [1.54, 1.807) is 31.5 Å². The molecule has 0 aliphatic heterocycles. The van der Waals surface area contributed by atoms with Gasteiger partial charge in [-0.15, -0.1) is 0 Å². The number of aromatic amines is 1. The Labute approximate surface area is 97.4 Å². The zero-order valence-electron chi connectivity index (χ0n) is 9.21. The monoisotopic (exact) mass is 233 g/mol. The van der Waals surface area contributed by atoms with E-state index < -0.39 is 4.92 Å². The van der Waals surface area contributed by atoms with Crippen molar-refractivity contribution in [3.63, 3.8) is 0 Å². The summed E-state index contributed by atoms with van der Waals surface area (Å²) in [5.74, 6) is 0.865. The summed E-state index contributed by atoms with van der Waals surface area (Å²) in [5, 5.41) is 10.9. The molecule has 17 heavy (non-hydrogen) atoms. The minimum atomic E-state index is -0.461. The number of nitro groups is 1. The third-order valence-corrected chi connectivity index (χ3v) is 2.23. The summed E-state index contributed by atoms with van der Waals surface area (Å²) in [6.07, 6.45) is 3.26. The Bertz CT molecular complexity index is 523. The van der Waals surface area contributed by atoms with Crippen molar-refractivity contribution in [2.45, 2.75) is 6.92 Å². The molecule has 0 atom stereocenters.